The second-order valence-electron chi connectivity index (χ2n) is 6.47. The highest BCUT2D eigenvalue weighted by atomic mass is 16.6. The maximum absolute atomic E-state index is 11.8. The molecule has 0 radical (unpaired) electrons. The molecule has 1 rings (SSSR count). The fraction of sp³-hybridized carbons (Fsp3) is 0.800. The van der Waals surface area contributed by atoms with E-state index in [-0.39, 0.29) is 6.10 Å². The first-order valence-electron chi connectivity index (χ1n) is 7.57. The van der Waals surface area contributed by atoms with Crippen LogP contribution in [0, 0.1) is 0 Å². The Hall–Kier alpha value is -1.79. The standard InChI is InChI=1S/C15H25NO6/c1-15(2,3)22-14(20)16-11(13(18)19)9-12(17)21-10-7-5-4-6-8-10/h10-11H,4-9H2,1-3H3,(H,16,20)(H,18,19)/p-1. The molecule has 7 nitrogen and oxygen atoms in total. The summed E-state index contributed by atoms with van der Waals surface area (Å²) < 4.78 is 10.2. The molecule has 1 N–H and O–H groups in total. The molecule has 1 fully saturated rings. The molecule has 1 aliphatic carbocycles. The summed E-state index contributed by atoms with van der Waals surface area (Å²) in [5.41, 5.74) is -0.761. The molecular formula is C15H24NO6-. The summed E-state index contributed by atoms with van der Waals surface area (Å²) in [4.78, 5) is 34.4. The monoisotopic (exact) mass is 314 g/mol. The average Bonchev–Trinajstić information content (AvgIpc) is 2.36. The van der Waals surface area contributed by atoms with Gasteiger partial charge in [0.15, 0.2) is 0 Å². The maximum Gasteiger partial charge on any atom is 0.408 e. The van der Waals surface area contributed by atoms with Gasteiger partial charge in [-0.1, -0.05) is 6.42 Å². The number of alkyl carbamates (subject to hydrolysis) is 1. The summed E-state index contributed by atoms with van der Waals surface area (Å²) in [5, 5.41) is 13.2. The first-order valence-corrected chi connectivity index (χ1v) is 7.57. The van der Waals surface area contributed by atoms with Crippen molar-refractivity contribution in [2.75, 3.05) is 0 Å². The summed E-state index contributed by atoms with van der Waals surface area (Å²) >= 11 is 0. The third-order valence-electron chi connectivity index (χ3n) is 3.20. The molecule has 1 atom stereocenters. The Labute approximate surface area is 130 Å². The molecule has 0 heterocycles. The van der Waals surface area contributed by atoms with Crippen LogP contribution < -0.4 is 10.4 Å². The summed E-state index contributed by atoms with van der Waals surface area (Å²) in [6.07, 6.45) is 3.16. The Kier molecular flexibility index (Phi) is 6.64. The molecular weight excluding hydrogens is 290 g/mol. The Morgan fingerprint density at radius 1 is 1.18 bits per heavy atom. The molecule has 1 amide bonds. The lowest BCUT2D eigenvalue weighted by Crippen LogP contribution is -2.50. The molecule has 22 heavy (non-hydrogen) atoms. The molecule has 0 saturated heterocycles. The van der Waals surface area contributed by atoms with Gasteiger partial charge in [0.1, 0.15) is 11.7 Å². The van der Waals surface area contributed by atoms with Gasteiger partial charge in [-0.25, -0.2) is 4.79 Å². The normalized spacial score (nSPS) is 17.4. The second kappa shape index (κ2) is 8.00. The first-order chi connectivity index (χ1) is 10.2. The third kappa shape index (κ3) is 7.28. The lowest BCUT2D eigenvalue weighted by atomic mass is 9.98. The van der Waals surface area contributed by atoms with E-state index in [9.17, 15) is 19.5 Å². The highest BCUT2D eigenvalue weighted by Gasteiger charge is 2.24. The average molecular weight is 314 g/mol. The Balaban J connectivity index is 2.47. The van der Waals surface area contributed by atoms with E-state index in [2.05, 4.69) is 5.32 Å². The Morgan fingerprint density at radius 3 is 2.27 bits per heavy atom. The van der Waals surface area contributed by atoms with E-state index in [4.69, 9.17) is 9.47 Å². The van der Waals surface area contributed by atoms with Crippen molar-refractivity contribution >= 4 is 18.0 Å². The summed E-state index contributed by atoms with van der Waals surface area (Å²) in [7, 11) is 0. The fourth-order valence-electron chi connectivity index (χ4n) is 2.23. The molecule has 0 aromatic heterocycles. The smallest absolute Gasteiger partial charge is 0.408 e. The third-order valence-corrected chi connectivity index (χ3v) is 3.20. The van der Waals surface area contributed by atoms with E-state index in [1.165, 1.54) is 0 Å². The molecule has 0 bridgehead atoms. The van der Waals surface area contributed by atoms with Gasteiger partial charge in [-0.05, 0) is 46.5 Å². The number of rotatable bonds is 5. The van der Waals surface area contributed by atoms with Gasteiger partial charge in [-0.15, -0.1) is 0 Å². The SMILES string of the molecule is CC(C)(C)OC(=O)NC(CC(=O)OC1CCCCC1)C(=O)[O-]. The minimum Gasteiger partial charge on any atom is -0.548 e. The molecule has 1 saturated carbocycles. The van der Waals surface area contributed by atoms with Crippen molar-refractivity contribution < 1.29 is 29.0 Å². The van der Waals surface area contributed by atoms with Crippen molar-refractivity contribution in [1.82, 2.24) is 5.32 Å². The van der Waals surface area contributed by atoms with Crippen LogP contribution in [0.15, 0.2) is 0 Å². The zero-order valence-corrected chi connectivity index (χ0v) is 13.3. The van der Waals surface area contributed by atoms with E-state index in [1.54, 1.807) is 20.8 Å². The van der Waals surface area contributed by atoms with Crippen LogP contribution in [0.4, 0.5) is 4.79 Å². The van der Waals surface area contributed by atoms with Crippen molar-refractivity contribution in [3.05, 3.63) is 0 Å². The molecule has 0 aliphatic heterocycles. The number of esters is 1. The minimum absolute atomic E-state index is 0.162. The number of hydrogen-bond donors (Lipinski definition) is 1. The van der Waals surface area contributed by atoms with Crippen molar-refractivity contribution in [1.29, 1.82) is 0 Å². The topological polar surface area (TPSA) is 105 Å². The number of hydrogen-bond acceptors (Lipinski definition) is 6. The predicted molar refractivity (Wildman–Crippen MR) is 75.7 cm³/mol. The Morgan fingerprint density at radius 2 is 1.77 bits per heavy atom. The van der Waals surface area contributed by atoms with Gasteiger partial charge in [0.25, 0.3) is 0 Å². The van der Waals surface area contributed by atoms with Crippen LogP contribution >= 0.6 is 0 Å². The lowest BCUT2D eigenvalue weighted by molar-refractivity contribution is -0.308. The van der Waals surface area contributed by atoms with Crippen molar-refractivity contribution in [3.63, 3.8) is 0 Å². The van der Waals surface area contributed by atoms with Gasteiger partial charge in [0.2, 0.25) is 0 Å². The molecule has 0 aromatic rings. The molecule has 7 heteroatoms. The van der Waals surface area contributed by atoms with E-state index < -0.39 is 36.1 Å². The van der Waals surface area contributed by atoms with Gasteiger partial charge in [0, 0.05) is 0 Å². The fourth-order valence-corrected chi connectivity index (χ4v) is 2.23. The molecule has 0 aromatic carbocycles. The number of carbonyl (C=O) groups is 3. The van der Waals surface area contributed by atoms with Crippen LogP contribution in [0.25, 0.3) is 0 Å². The zero-order chi connectivity index (χ0) is 16.8. The van der Waals surface area contributed by atoms with E-state index >= 15 is 0 Å². The molecule has 0 spiro atoms. The second-order valence-corrected chi connectivity index (χ2v) is 6.47. The summed E-state index contributed by atoms with van der Waals surface area (Å²) in [6.45, 7) is 4.95. The molecule has 1 aliphatic rings. The number of carboxylic acids is 1. The van der Waals surface area contributed by atoms with Gasteiger partial charge in [0.05, 0.1) is 18.4 Å². The highest BCUT2D eigenvalue weighted by Crippen LogP contribution is 2.20. The van der Waals surface area contributed by atoms with Crippen molar-refractivity contribution in [2.24, 2.45) is 0 Å². The zero-order valence-electron chi connectivity index (χ0n) is 13.3. The number of nitrogens with one attached hydrogen (secondary N) is 1. The van der Waals surface area contributed by atoms with E-state index in [1.807, 2.05) is 0 Å². The number of carbonyl (C=O) groups excluding carboxylic acids is 3. The minimum atomic E-state index is -1.55. The van der Waals surface area contributed by atoms with Gasteiger partial charge in [-0.2, -0.15) is 0 Å². The van der Waals surface area contributed by atoms with Crippen LogP contribution in [-0.4, -0.2) is 35.8 Å². The van der Waals surface area contributed by atoms with Gasteiger partial charge >= 0.3 is 12.1 Å². The van der Waals surface area contributed by atoms with Gasteiger partial charge < -0.3 is 24.7 Å². The number of ether oxygens (including phenoxy) is 2. The Bertz CT molecular complexity index is 409. The maximum atomic E-state index is 11.8. The molecule has 1 unspecified atom stereocenters. The predicted octanol–water partition coefficient (Wildman–Crippen LogP) is 0.896. The van der Waals surface area contributed by atoms with Crippen LogP contribution in [0.2, 0.25) is 0 Å². The number of amides is 1. The van der Waals surface area contributed by atoms with Gasteiger partial charge in [-0.3, -0.25) is 4.79 Å². The lowest BCUT2D eigenvalue weighted by Gasteiger charge is -2.25. The van der Waals surface area contributed by atoms with Crippen LogP contribution in [-0.2, 0) is 19.1 Å². The summed E-state index contributed by atoms with van der Waals surface area (Å²) in [6, 6.07) is -1.47. The quantitative estimate of drug-likeness (QED) is 0.756. The van der Waals surface area contributed by atoms with Crippen molar-refractivity contribution in [2.45, 2.75) is 77.0 Å². The summed E-state index contributed by atoms with van der Waals surface area (Å²) in [5.74, 6) is -2.20. The van der Waals surface area contributed by atoms with Crippen LogP contribution in [0.3, 0.4) is 0 Å². The number of carboxylic acid groups (broad SMARTS) is 1. The van der Waals surface area contributed by atoms with Crippen molar-refractivity contribution in [3.8, 4) is 0 Å². The van der Waals surface area contributed by atoms with Crippen LogP contribution in [0.1, 0.15) is 59.3 Å². The highest BCUT2D eigenvalue weighted by molar-refractivity contribution is 5.84. The largest absolute Gasteiger partial charge is 0.548 e. The van der Waals surface area contributed by atoms with E-state index in [0.29, 0.717) is 0 Å². The molecule has 126 valence electrons. The van der Waals surface area contributed by atoms with E-state index in [0.717, 1.165) is 32.1 Å². The first kappa shape index (κ1) is 18.3. The van der Waals surface area contributed by atoms with Crippen LogP contribution in [0.5, 0.6) is 0 Å². The number of aliphatic carboxylic acids is 1.